The summed E-state index contributed by atoms with van der Waals surface area (Å²) in [5.41, 5.74) is 0.0858. The smallest absolute Gasteiger partial charge is 0.253 e. The first-order chi connectivity index (χ1) is 16.1. The van der Waals surface area contributed by atoms with Crippen LogP contribution in [0, 0.1) is 0 Å². The van der Waals surface area contributed by atoms with E-state index >= 15 is 0 Å². The van der Waals surface area contributed by atoms with E-state index in [0.29, 0.717) is 0 Å². The fourth-order valence-electron chi connectivity index (χ4n) is 3.64. The predicted octanol–water partition coefficient (Wildman–Crippen LogP) is -5.25. The van der Waals surface area contributed by atoms with Gasteiger partial charge in [0.25, 0.3) is 11.8 Å². The highest BCUT2D eigenvalue weighted by Crippen LogP contribution is 2.21. The molecule has 0 unspecified atom stereocenters. The minimum absolute atomic E-state index is 0.0429. The SMILES string of the molecule is O=C(N[C@@H]1O[C@H](CO)[C@@H](O)[C@H](O)[C@H]1O)c1ccc(C(=O)N[C@@H]2O[C@H](CO)[C@@H](O)[C@H](O)[C@H]2O)cc1. The van der Waals surface area contributed by atoms with E-state index in [1.54, 1.807) is 0 Å². The van der Waals surface area contributed by atoms with Gasteiger partial charge < -0.3 is 61.0 Å². The molecule has 10 N–H and O–H groups in total. The van der Waals surface area contributed by atoms with Gasteiger partial charge in [-0.1, -0.05) is 0 Å². The number of benzene rings is 1. The van der Waals surface area contributed by atoms with Crippen LogP contribution in [0.2, 0.25) is 0 Å². The van der Waals surface area contributed by atoms with Crippen molar-refractivity contribution in [2.75, 3.05) is 13.2 Å². The lowest BCUT2D eigenvalue weighted by molar-refractivity contribution is -0.233. The number of aliphatic hydroxyl groups excluding tert-OH is 8. The number of ether oxygens (including phenoxy) is 2. The molecule has 2 aliphatic heterocycles. The second-order valence-corrected chi connectivity index (χ2v) is 8.02. The van der Waals surface area contributed by atoms with E-state index in [-0.39, 0.29) is 11.1 Å². The molecule has 14 heteroatoms. The molecule has 0 aromatic heterocycles. The van der Waals surface area contributed by atoms with Gasteiger partial charge in [-0.3, -0.25) is 9.59 Å². The maximum Gasteiger partial charge on any atom is 0.253 e. The van der Waals surface area contributed by atoms with Gasteiger partial charge in [-0.2, -0.15) is 0 Å². The number of amides is 2. The van der Waals surface area contributed by atoms with E-state index in [9.17, 15) is 50.4 Å². The maximum absolute atomic E-state index is 12.5. The molecule has 0 saturated carbocycles. The zero-order chi connectivity index (χ0) is 25.2. The first-order valence-electron chi connectivity index (χ1n) is 10.4. The highest BCUT2D eigenvalue weighted by Gasteiger charge is 2.45. The van der Waals surface area contributed by atoms with Crippen molar-refractivity contribution in [2.45, 2.75) is 61.3 Å². The molecule has 2 amide bonds. The third-order valence-electron chi connectivity index (χ3n) is 5.74. The number of hydrogen-bond donors (Lipinski definition) is 10. The van der Waals surface area contributed by atoms with E-state index in [1.807, 2.05) is 0 Å². The van der Waals surface area contributed by atoms with Gasteiger partial charge in [0.2, 0.25) is 0 Å². The summed E-state index contributed by atoms with van der Waals surface area (Å²) in [7, 11) is 0. The van der Waals surface area contributed by atoms with Crippen molar-refractivity contribution in [3.8, 4) is 0 Å². The summed E-state index contributed by atoms with van der Waals surface area (Å²) in [5.74, 6) is -1.49. The summed E-state index contributed by atoms with van der Waals surface area (Å²) in [4.78, 5) is 25.0. The van der Waals surface area contributed by atoms with E-state index in [0.717, 1.165) is 0 Å². The quantitative estimate of drug-likeness (QED) is 0.181. The summed E-state index contributed by atoms with van der Waals surface area (Å²) < 4.78 is 10.4. The van der Waals surface area contributed by atoms with E-state index in [1.165, 1.54) is 24.3 Å². The lowest BCUT2D eigenvalue weighted by Crippen LogP contribution is -2.63. The van der Waals surface area contributed by atoms with Crippen LogP contribution in [-0.4, -0.2) is 127 Å². The summed E-state index contributed by atoms with van der Waals surface area (Å²) in [5, 5.41) is 82.3. The number of nitrogens with one attached hydrogen (secondary N) is 2. The molecule has 1 aromatic carbocycles. The zero-order valence-corrected chi connectivity index (χ0v) is 17.7. The van der Waals surface area contributed by atoms with Crippen LogP contribution in [0.3, 0.4) is 0 Å². The molecular formula is C20H28N2O12. The first-order valence-corrected chi connectivity index (χ1v) is 10.4. The Morgan fingerprint density at radius 2 is 0.941 bits per heavy atom. The van der Waals surface area contributed by atoms with E-state index < -0.39 is 86.3 Å². The topological polar surface area (TPSA) is 238 Å². The second kappa shape index (κ2) is 11.0. The highest BCUT2D eigenvalue weighted by molar-refractivity contribution is 5.98. The van der Waals surface area contributed by atoms with Crippen LogP contribution in [0.15, 0.2) is 24.3 Å². The number of aliphatic hydroxyl groups is 8. The third kappa shape index (κ3) is 5.36. The van der Waals surface area contributed by atoms with Crippen LogP contribution in [0.4, 0.5) is 0 Å². The number of hydrogen-bond acceptors (Lipinski definition) is 12. The monoisotopic (exact) mass is 488 g/mol. The Labute approximate surface area is 193 Å². The molecule has 1 aromatic rings. The summed E-state index contributed by atoms with van der Waals surface area (Å²) >= 11 is 0. The standard InChI is InChI=1S/C20H28N2O12/c23-5-9-11(25)13(27)15(29)19(33-9)21-17(31)7-1-2-8(4-3-7)18(32)22-20-16(30)14(28)12(26)10(6-24)34-20/h1-4,9-16,19-20,23-30H,5-6H2,(H,21,31)(H,22,32)/t9-,10-,11-,12-,13+,14+,15-,16-,19-,20-/m1/s1. The molecule has 2 saturated heterocycles. The normalized spacial score (nSPS) is 38.2. The van der Waals surface area contributed by atoms with Crippen LogP contribution in [0.25, 0.3) is 0 Å². The minimum atomic E-state index is -1.66. The van der Waals surface area contributed by atoms with Gasteiger partial charge in [0, 0.05) is 11.1 Å². The van der Waals surface area contributed by atoms with Gasteiger partial charge in [0.15, 0.2) is 12.5 Å². The molecule has 2 heterocycles. The van der Waals surface area contributed by atoms with Gasteiger partial charge in [-0.15, -0.1) is 0 Å². The Hall–Kier alpha value is -2.24. The number of carbonyl (C=O) groups excluding carboxylic acids is 2. The number of carbonyl (C=O) groups is 2. The fourth-order valence-corrected chi connectivity index (χ4v) is 3.64. The van der Waals surface area contributed by atoms with Crippen molar-refractivity contribution in [1.82, 2.24) is 10.6 Å². The van der Waals surface area contributed by atoms with Crippen molar-refractivity contribution in [2.24, 2.45) is 0 Å². The van der Waals surface area contributed by atoms with Crippen LogP contribution in [0.5, 0.6) is 0 Å². The van der Waals surface area contributed by atoms with Crippen LogP contribution < -0.4 is 10.6 Å². The fraction of sp³-hybridized carbons (Fsp3) is 0.600. The van der Waals surface area contributed by atoms with Gasteiger partial charge >= 0.3 is 0 Å². The van der Waals surface area contributed by atoms with Crippen LogP contribution in [-0.2, 0) is 9.47 Å². The van der Waals surface area contributed by atoms with E-state index in [2.05, 4.69) is 10.6 Å². The summed E-state index contributed by atoms with van der Waals surface area (Å²) in [6.07, 6.45) is -15.0. The van der Waals surface area contributed by atoms with Gasteiger partial charge in [0.1, 0.15) is 48.8 Å². The average molecular weight is 488 g/mol. The van der Waals surface area contributed by atoms with E-state index in [4.69, 9.17) is 9.47 Å². The lowest BCUT2D eigenvalue weighted by atomic mass is 9.98. The summed E-state index contributed by atoms with van der Waals surface area (Å²) in [6.45, 7) is -1.31. The zero-order valence-electron chi connectivity index (χ0n) is 17.7. The first kappa shape index (κ1) is 26.4. The van der Waals surface area contributed by atoms with Gasteiger partial charge in [0.05, 0.1) is 13.2 Å². The Kier molecular flexibility index (Phi) is 8.53. The molecule has 0 radical (unpaired) electrons. The molecule has 190 valence electrons. The Morgan fingerprint density at radius 3 is 1.24 bits per heavy atom. The molecule has 0 bridgehead atoms. The second-order valence-electron chi connectivity index (χ2n) is 8.02. The van der Waals surface area contributed by atoms with Crippen molar-refractivity contribution in [3.63, 3.8) is 0 Å². The molecule has 3 rings (SSSR count). The van der Waals surface area contributed by atoms with Crippen LogP contribution >= 0.6 is 0 Å². The highest BCUT2D eigenvalue weighted by atomic mass is 16.6. The third-order valence-corrected chi connectivity index (χ3v) is 5.74. The lowest BCUT2D eigenvalue weighted by Gasteiger charge is -2.40. The van der Waals surface area contributed by atoms with Crippen LogP contribution in [0.1, 0.15) is 20.7 Å². The maximum atomic E-state index is 12.5. The molecule has 10 atom stereocenters. The molecule has 0 spiro atoms. The molecule has 34 heavy (non-hydrogen) atoms. The van der Waals surface area contributed by atoms with Crippen molar-refractivity contribution >= 4 is 11.8 Å². The molecule has 2 fully saturated rings. The number of rotatable bonds is 6. The van der Waals surface area contributed by atoms with Crippen molar-refractivity contribution < 1.29 is 59.9 Å². The Morgan fingerprint density at radius 1 is 0.618 bits per heavy atom. The van der Waals surface area contributed by atoms with Crippen molar-refractivity contribution in [1.29, 1.82) is 0 Å². The molecule has 2 aliphatic rings. The van der Waals surface area contributed by atoms with Gasteiger partial charge in [-0.25, -0.2) is 0 Å². The largest absolute Gasteiger partial charge is 0.394 e. The molecule has 0 aliphatic carbocycles. The Balaban J connectivity index is 1.62. The summed E-state index contributed by atoms with van der Waals surface area (Å²) in [6, 6.07) is 5.06. The minimum Gasteiger partial charge on any atom is -0.394 e. The Bertz CT molecular complexity index is 781. The predicted molar refractivity (Wildman–Crippen MR) is 109 cm³/mol. The van der Waals surface area contributed by atoms with Gasteiger partial charge in [-0.05, 0) is 24.3 Å². The molecular weight excluding hydrogens is 460 g/mol. The van der Waals surface area contributed by atoms with Crippen molar-refractivity contribution in [3.05, 3.63) is 35.4 Å². The molecule has 14 nitrogen and oxygen atoms in total. The average Bonchev–Trinajstić information content (AvgIpc) is 2.84.